The standard InChI is InChI=1S/C13H15ClO/c1-9-7-12(15-2)5-6-13(9)10-3-4-11(14)8-10/h5-8,11H,3-4H2,1-2H3. The number of allylic oxidation sites excluding steroid dienone is 2. The predicted molar refractivity (Wildman–Crippen MR) is 64.6 cm³/mol. The number of hydrogen-bond acceptors (Lipinski definition) is 1. The zero-order valence-corrected chi connectivity index (χ0v) is 9.84. The molecule has 1 atom stereocenters. The minimum Gasteiger partial charge on any atom is -0.497 e. The topological polar surface area (TPSA) is 9.23 Å². The highest BCUT2D eigenvalue weighted by Crippen LogP contribution is 2.33. The number of methoxy groups -OCH3 is 1. The highest BCUT2D eigenvalue weighted by Gasteiger charge is 2.15. The second-order valence-corrected chi connectivity index (χ2v) is 4.49. The van der Waals surface area contributed by atoms with E-state index in [4.69, 9.17) is 16.3 Å². The maximum Gasteiger partial charge on any atom is 0.119 e. The van der Waals surface area contributed by atoms with Crippen LogP contribution in [0, 0.1) is 6.92 Å². The van der Waals surface area contributed by atoms with Crippen LogP contribution in [0.25, 0.3) is 5.57 Å². The van der Waals surface area contributed by atoms with E-state index >= 15 is 0 Å². The largest absolute Gasteiger partial charge is 0.497 e. The summed E-state index contributed by atoms with van der Waals surface area (Å²) in [5.41, 5.74) is 3.93. The SMILES string of the molecule is COc1ccc(C2=CC(Cl)CC2)c(C)c1. The van der Waals surface area contributed by atoms with E-state index in [1.165, 1.54) is 16.7 Å². The molecule has 1 nitrogen and oxygen atoms in total. The van der Waals surface area contributed by atoms with E-state index in [0.717, 1.165) is 18.6 Å². The Balaban J connectivity index is 2.33. The number of rotatable bonds is 2. The van der Waals surface area contributed by atoms with Crippen LogP contribution in [0.5, 0.6) is 5.75 Å². The molecule has 0 radical (unpaired) electrons. The average Bonchev–Trinajstić information content (AvgIpc) is 2.64. The first-order valence-corrected chi connectivity index (χ1v) is 5.64. The summed E-state index contributed by atoms with van der Waals surface area (Å²) in [4.78, 5) is 0. The molecule has 0 amide bonds. The highest BCUT2D eigenvalue weighted by molar-refractivity contribution is 6.22. The van der Waals surface area contributed by atoms with E-state index in [2.05, 4.69) is 25.1 Å². The van der Waals surface area contributed by atoms with E-state index in [1.807, 2.05) is 6.07 Å². The van der Waals surface area contributed by atoms with E-state index in [1.54, 1.807) is 7.11 Å². The van der Waals surface area contributed by atoms with Crippen LogP contribution < -0.4 is 4.74 Å². The van der Waals surface area contributed by atoms with Crippen LogP contribution in [-0.2, 0) is 0 Å². The summed E-state index contributed by atoms with van der Waals surface area (Å²) < 4.78 is 5.19. The Labute approximate surface area is 95.7 Å². The Bertz CT molecular complexity index is 396. The quantitative estimate of drug-likeness (QED) is 0.692. The normalized spacial score (nSPS) is 20.2. The molecular formula is C13H15ClO. The predicted octanol–water partition coefficient (Wildman–Crippen LogP) is 3.79. The third kappa shape index (κ3) is 2.18. The van der Waals surface area contributed by atoms with Crippen LogP contribution in [-0.4, -0.2) is 12.5 Å². The van der Waals surface area contributed by atoms with Crippen molar-refractivity contribution in [2.75, 3.05) is 7.11 Å². The van der Waals surface area contributed by atoms with Crippen LogP contribution in [0.2, 0.25) is 0 Å². The van der Waals surface area contributed by atoms with E-state index in [9.17, 15) is 0 Å². The van der Waals surface area contributed by atoms with Gasteiger partial charge in [0, 0.05) is 0 Å². The summed E-state index contributed by atoms with van der Waals surface area (Å²) in [6, 6.07) is 6.19. The lowest BCUT2D eigenvalue weighted by atomic mass is 10.00. The van der Waals surface area contributed by atoms with Crippen molar-refractivity contribution < 1.29 is 4.74 Å². The fourth-order valence-electron chi connectivity index (χ4n) is 2.03. The number of ether oxygens (including phenoxy) is 1. The van der Waals surface area contributed by atoms with Gasteiger partial charge in [-0.15, -0.1) is 11.6 Å². The van der Waals surface area contributed by atoms with Gasteiger partial charge in [-0.1, -0.05) is 12.1 Å². The van der Waals surface area contributed by atoms with Gasteiger partial charge in [0.25, 0.3) is 0 Å². The maximum atomic E-state index is 6.07. The minimum absolute atomic E-state index is 0.210. The first-order chi connectivity index (χ1) is 7.20. The zero-order valence-electron chi connectivity index (χ0n) is 9.09. The lowest BCUT2D eigenvalue weighted by molar-refractivity contribution is 0.414. The van der Waals surface area contributed by atoms with E-state index < -0.39 is 0 Å². The molecule has 0 aromatic heterocycles. The third-order valence-electron chi connectivity index (χ3n) is 2.85. The highest BCUT2D eigenvalue weighted by atomic mass is 35.5. The molecule has 1 aromatic carbocycles. The fourth-order valence-corrected chi connectivity index (χ4v) is 2.29. The lowest BCUT2D eigenvalue weighted by Crippen LogP contribution is -1.89. The van der Waals surface area contributed by atoms with E-state index in [-0.39, 0.29) is 5.38 Å². The molecule has 0 saturated carbocycles. The van der Waals surface area contributed by atoms with Crippen LogP contribution >= 0.6 is 11.6 Å². The van der Waals surface area contributed by atoms with Gasteiger partial charge in [-0.2, -0.15) is 0 Å². The molecular weight excluding hydrogens is 208 g/mol. The van der Waals surface area contributed by atoms with Crippen LogP contribution in [0.15, 0.2) is 24.3 Å². The summed E-state index contributed by atoms with van der Waals surface area (Å²) in [7, 11) is 1.69. The smallest absolute Gasteiger partial charge is 0.119 e. The first kappa shape index (κ1) is 10.6. The van der Waals surface area contributed by atoms with Crippen molar-refractivity contribution in [1.82, 2.24) is 0 Å². The van der Waals surface area contributed by atoms with Crippen LogP contribution in [0.4, 0.5) is 0 Å². The van der Waals surface area contributed by atoms with Crippen molar-refractivity contribution in [1.29, 1.82) is 0 Å². The van der Waals surface area contributed by atoms with Gasteiger partial charge in [0.1, 0.15) is 5.75 Å². The molecule has 1 aromatic rings. The number of alkyl halides is 1. The average molecular weight is 223 g/mol. The number of hydrogen-bond donors (Lipinski definition) is 0. The summed E-state index contributed by atoms with van der Waals surface area (Å²) in [6.45, 7) is 2.11. The second kappa shape index (κ2) is 4.28. The van der Waals surface area contributed by atoms with Gasteiger partial charge < -0.3 is 4.74 Å². The summed E-state index contributed by atoms with van der Waals surface area (Å²) in [5.74, 6) is 0.914. The molecule has 0 fully saturated rings. The molecule has 0 heterocycles. The number of aryl methyl sites for hydroxylation is 1. The molecule has 0 spiro atoms. The molecule has 1 aliphatic carbocycles. The molecule has 0 N–H and O–H groups in total. The summed E-state index contributed by atoms with van der Waals surface area (Å²) in [5, 5.41) is 0.210. The van der Waals surface area contributed by atoms with Gasteiger partial charge in [0.2, 0.25) is 0 Å². The maximum absolute atomic E-state index is 6.07. The van der Waals surface area contributed by atoms with Gasteiger partial charge in [-0.3, -0.25) is 0 Å². The first-order valence-electron chi connectivity index (χ1n) is 5.20. The molecule has 0 bridgehead atoms. The summed E-state index contributed by atoms with van der Waals surface area (Å²) in [6.07, 6.45) is 4.31. The second-order valence-electron chi connectivity index (χ2n) is 3.93. The zero-order chi connectivity index (χ0) is 10.8. The molecule has 80 valence electrons. The van der Waals surface area contributed by atoms with Crippen LogP contribution in [0.3, 0.4) is 0 Å². The Kier molecular flexibility index (Phi) is 3.01. The minimum atomic E-state index is 0.210. The van der Waals surface area contributed by atoms with Crippen molar-refractivity contribution in [2.45, 2.75) is 25.1 Å². The Morgan fingerprint density at radius 3 is 2.73 bits per heavy atom. The van der Waals surface area contributed by atoms with Crippen molar-refractivity contribution in [3.05, 3.63) is 35.4 Å². The van der Waals surface area contributed by atoms with Crippen molar-refractivity contribution in [2.24, 2.45) is 0 Å². The van der Waals surface area contributed by atoms with Gasteiger partial charge >= 0.3 is 0 Å². The van der Waals surface area contributed by atoms with Gasteiger partial charge in [-0.05, 0) is 48.6 Å². The molecule has 0 aliphatic heterocycles. The van der Waals surface area contributed by atoms with Gasteiger partial charge in [0.05, 0.1) is 12.5 Å². The van der Waals surface area contributed by atoms with Gasteiger partial charge in [0.15, 0.2) is 0 Å². The Hall–Kier alpha value is -0.950. The number of halogens is 1. The summed E-state index contributed by atoms with van der Waals surface area (Å²) >= 11 is 6.07. The van der Waals surface area contributed by atoms with Crippen molar-refractivity contribution in [3.63, 3.8) is 0 Å². The van der Waals surface area contributed by atoms with E-state index in [0.29, 0.717) is 0 Å². The number of benzene rings is 1. The molecule has 15 heavy (non-hydrogen) atoms. The molecule has 2 heteroatoms. The van der Waals surface area contributed by atoms with Gasteiger partial charge in [-0.25, -0.2) is 0 Å². The lowest BCUT2D eigenvalue weighted by Gasteiger charge is -2.08. The molecule has 0 saturated heterocycles. The molecule has 1 aliphatic rings. The monoisotopic (exact) mass is 222 g/mol. The Morgan fingerprint density at radius 2 is 2.20 bits per heavy atom. The molecule has 1 unspecified atom stereocenters. The fraction of sp³-hybridized carbons (Fsp3) is 0.385. The van der Waals surface area contributed by atoms with Crippen LogP contribution in [0.1, 0.15) is 24.0 Å². The van der Waals surface area contributed by atoms with Crippen molar-refractivity contribution >= 4 is 17.2 Å². The third-order valence-corrected chi connectivity index (χ3v) is 3.20. The molecule has 2 rings (SSSR count). The Morgan fingerprint density at radius 1 is 1.40 bits per heavy atom. The van der Waals surface area contributed by atoms with Crippen molar-refractivity contribution in [3.8, 4) is 5.75 Å².